The molecule has 0 bridgehead atoms. The van der Waals surface area contributed by atoms with E-state index in [4.69, 9.17) is 15.0 Å². The van der Waals surface area contributed by atoms with Gasteiger partial charge in [0.05, 0.1) is 33.5 Å². The summed E-state index contributed by atoms with van der Waals surface area (Å²) >= 11 is 0. The maximum absolute atomic E-state index is 5.24. The second-order valence-corrected chi connectivity index (χ2v) is 10.9. The minimum atomic E-state index is 0.659. The fourth-order valence-corrected chi connectivity index (χ4v) is 6.29. The molecule has 5 heteroatoms. The fraction of sp³-hybridized carbons (Fsp3) is 0. The zero-order valence-corrected chi connectivity index (χ0v) is 23.5. The molecule has 4 heterocycles. The van der Waals surface area contributed by atoms with Gasteiger partial charge in [-0.2, -0.15) is 0 Å². The standard InChI is InChI=1S/C39H23N5/c1-2-12-28-27(11-1)29(34-21-18-26-17-16-25-10-7-23-41-36(25)37(26)42-34)19-20-30(28)38-31-13-3-4-15-33(31)43-39(44-38)32-14-5-8-24-9-6-22-40-35(24)32/h1-23H. The molecule has 0 saturated carbocycles. The summed E-state index contributed by atoms with van der Waals surface area (Å²) in [6, 6.07) is 43.7. The van der Waals surface area contributed by atoms with Crippen molar-refractivity contribution in [3.8, 4) is 33.9 Å². The first kappa shape index (κ1) is 24.5. The topological polar surface area (TPSA) is 64.5 Å². The van der Waals surface area contributed by atoms with E-state index in [-0.39, 0.29) is 0 Å². The quantitative estimate of drug-likeness (QED) is 0.201. The lowest BCUT2D eigenvalue weighted by atomic mass is 9.94. The summed E-state index contributed by atoms with van der Waals surface area (Å²) in [6.45, 7) is 0. The summed E-state index contributed by atoms with van der Waals surface area (Å²) in [5, 5.41) is 6.43. The molecular weight excluding hydrogens is 538 g/mol. The highest BCUT2D eigenvalue weighted by atomic mass is 14.9. The number of fused-ring (bicyclic) bond motifs is 6. The number of pyridine rings is 3. The van der Waals surface area contributed by atoms with E-state index in [1.807, 2.05) is 48.8 Å². The van der Waals surface area contributed by atoms with Crippen LogP contribution in [-0.4, -0.2) is 24.9 Å². The monoisotopic (exact) mass is 561 g/mol. The number of rotatable bonds is 3. The second-order valence-electron chi connectivity index (χ2n) is 10.9. The van der Waals surface area contributed by atoms with Crippen molar-refractivity contribution < 1.29 is 0 Å². The molecule has 0 amide bonds. The Kier molecular flexibility index (Phi) is 5.43. The largest absolute Gasteiger partial charge is 0.255 e. The van der Waals surface area contributed by atoms with Gasteiger partial charge in [-0.25, -0.2) is 15.0 Å². The number of hydrogen-bond donors (Lipinski definition) is 0. The molecule has 9 aromatic rings. The number of hydrogen-bond acceptors (Lipinski definition) is 5. The van der Waals surface area contributed by atoms with Crippen LogP contribution in [0.3, 0.4) is 0 Å². The molecule has 44 heavy (non-hydrogen) atoms. The third-order valence-electron chi connectivity index (χ3n) is 8.36. The Morgan fingerprint density at radius 1 is 0.364 bits per heavy atom. The molecule has 0 N–H and O–H groups in total. The summed E-state index contributed by atoms with van der Waals surface area (Å²) in [5.74, 6) is 0.659. The Balaban J connectivity index is 1.29. The Morgan fingerprint density at radius 2 is 1.00 bits per heavy atom. The van der Waals surface area contributed by atoms with Crippen LogP contribution in [0.2, 0.25) is 0 Å². The van der Waals surface area contributed by atoms with E-state index in [1.54, 1.807) is 0 Å². The molecule has 0 spiro atoms. The Morgan fingerprint density at radius 3 is 1.84 bits per heavy atom. The second kappa shape index (κ2) is 9.75. The maximum Gasteiger partial charge on any atom is 0.162 e. The molecule has 5 aromatic carbocycles. The molecule has 0 unspecified atom stereocenters. The zero-order chi connectivity index (χ0) is 29.0. The highest BCUT2D eigenvalue weighted by molar-refractivity contribution is 6.09. The van der Waals surface area contributed by atoms with Crippen LogP contribution < -0.4 is 0 Å². The van der Waals surface area contributed by atoms with E-state index in [9.17, 15) is 0 Å². The highest BCUT2D eigenvalue weighted by Gasteiger charge is 2.17. The first-order chi connectivity index (χ1) is 21.8. The molecule has 0 aliphatic carbocycles. The van der Waals surface area contributed by atoms with Crippen molar-refractivity contribution >= 4 is 54.4 Å². The van der Waals surface area contributed by atoms with Crippen LogP contribution in [0.25, 0.3) is 88.3 Å². The Hall–Kier alpha value is -6.07. The van der Waals surface area contributed by atoms with E-state index >= 15 is 0 Å². The third kappa shape index (κ3) is 3.83. The molecule has 0 aliphatic heterocycles. The van der Waals surface area contributed by atoms with Gasteiger partial charge in [-0.15, -0.1) is 0 Å². The van der Waals surface area contributed by atoms with E-state index in [0.29, 0.717) is 5.82 Å². The van der Waals surface area contributed by atoms with Gasteiger partial charge in [-0.05, 0) is 41.1 Å². The fourth-order valence-electron chi connectivity index (χ4n) is 6.29. The Bertz CT molecular complexity index is 2570. The molecule has 0 saturated heterocycles. The van der Waals surface area contributed by atoms with Crippen molar-refractivity contribution in [2.24, 2.45) is 0 Å². The predicted molar refractivity (Wildman–Crippen MR) is 179 cm³/mol. The van der Waals surface area contributed by atoms with Crippen molar-refractivity contribution in [2.45, 2.75) is 0 Å². The minimum absolute atomic E-state index is 0.659. The molecule has 0 radical (unpaired) electrons. The molecule has 9 rings (SSSR count). The number of aromatic nitrogens is 5. The van der Waals surface area contributed by atoms with Crippen molar-refractivity contribution in [1.82, 2.24) is 24.9 Å². The molecule has 0 atom stereocenters. The minimum Gasteiger partial charge on any atom is -0.255 e. The number of para-hydroxylation sites is 2. The van der Waals surface area contributed by atoms with E-state index < -0.39 is 0 Å². The summed E-state index contributed by atoms with van der Waals surface area (Å²) in [7, 11) is 0. The normalized spacial score (nSPS) is 11.6. The van der Waals surface area contributed by atoms with Gasteiger partial charge in [0.25, 0.3) is 0 Å². The first-order valence-electron chi connectivity index (χ1n) is 14.6. The van der Waals surface area contributed by atoms with Crippen LogP contribution in [0.5, 0.6) is 0 Å². The molecular formula is C39H23N5. The van der Waals surface area contributed by atoms with Gasteiger partial charge in [0.2, 0.25) is 0 Å². The van der Waals surface area contributed by atoms with Crippen molar-refractivity contribution in [2.75, 3.05) is 0 Å². The third-order valence-corrected chi connectivity index (χ3v) is 8.36. The summed E-state index contributed by atoms with van der Waals surface area (Å²) in [4.78, 5) is 24.8. The lowest BCUT2D eigenvalue weighted by Gasteiger charge is -2.15. The Labute approximate surface area is 252 Å². The zero-order valence-electron chi connectivity index (χ0n) is 23.5. The smallest absolute Gasteiger partial charge is 0.162 e. The average molecular weight is 562 g/mol. The molecule has 204 valence electrons. The summed E-state index contributed by atoms with van der Waals surface area (Å²) < 4.78 is 0. The van der Waals surface area contributed by atoms with E-state index in [2.05, 4.69) is 101 Å². The number of nitrogens with zero attached hydrogens (tertiary/aromatic N) is 5. The number of benzene rings is 5. The van der Waals surface area contributed by atoms with Crippen LogP contribution in [0.4, 0.5) is 0 Å². The van der Waals surface area contributed by atoms with Gasteiger partial charge in [-0.3, -0.25) is 9.97 Å². The van der Waals surface area contributed by atoms with Crippen molar-refractivity contribution in [1.29, 1.82) is 0 Å². The first-order valence-corrected chi connectivity index (χ1v) is 14.6. The summed E-state index contributed by atoms with van der Waals surface area (Å²) in [5.41, 5.74) is 8.43. The molecule has 0 fully saturated rings. The van der Waals surface area contributed by atoms with Crippen molar-refractivity contribution in [3.63, 3.8) is 0 Å². The molecule has 5 nitrogen and oxygen atoms in total. The van der Waals surface area contributed by atoms with Gasteiger partial charge in [-0.1, -0.05) is 97.1 Å². The van der Waals surface area contributed by atoms with Gasteiger partial charge in [0.1, 0.15) is 0 Å². The summed E-state index contributed by atoms with van der Waals surface area (Å²) in [6.07, 6.45) is 3.65. The van der Waals surface area contributed by atoms with Crippen LogP contribution in [0.15, 0.2) is 140 Å². The van der Waals surface area contributed by atoms with E-state index in [1.165, 1.54) is 0 Å². The van der Waals surface area contributed by atoms with Gasteiger partial charge in [0.15, 0.2) is 5.82 Å². The van der Waals surface area contributed by atoms with Crippen LogP contribution in [-0.2, 0) is 0 Å². The van der Waals surface area contributed by atoms with Crippen LogP contribution >= 0.6 is 0 Å². The van der Waals surface area contributed by atoms with Gasteiger partial charge in [0, 0.05) is 50.6 Å². The SMILES string of the molecule is c1cnc2c(-c3nc(-c4ccc(-c5ccc6ccc7cccnc7c6n5)c5ccccc45)c4ccccc4n3)cccc2c1. The van der Waals surface area contributed by atoms with Gasteiger partial charge >= 0.3 is 0 Å². The maximum atomic E-state index is 5.24. The predicted octanol–water partition coefficient (Wildman–Crippen LogP) is 9.43. The average Bonchev–Trinajstić information content (AvgIpc) is 3.10. The highest BCUT2D eigenvalue weighted by Crippen LogP contribution is 2.39. The molecule has 4 aromatic heterocycles. The molecule has 0 aliphatic rings. The van der Waals surface area contributed by atoms with Crippen LogP contribution in [0.1, 0.15) is 0 Å². The van der Waals surface area contributed by atoms with E-state index in [0.717, 1.165) is 82.5 Å². The lowest BCUT2D eigenvalue weighted by molar-refractivity contribution is 1.23. The van der Waals surface area contributed by atoms with Gasteiger partial charge < -0.3 is 0 Å². The van der Waals surface area contributed by atoms with Crippen molar-refractivity contribution in [3.05, 3.63) is 140 Å². The lowest BCUT2D eigenvalue weighted by Crippen LogP contribution is -1.97. The van der Waals surface area contributed by atoms with Crippen LogP contribution in [0, 0.1) is 0 Å².